The molecule has 0 radical (unpaired) electrons. The second-order valence-electron chi connectivity index (χ2n) is 6.29. The fourth-order valence-electron chi connectivity index (χ4n) is 2.82. The lowest BCUT2D eigenvalue weighted by Gasteiger charge is -2.20. The van der Waals surface area contributed by atoms with Crippen LogP contribution in [0.4, 0.5) is 0 Å². The van der Waals surface area contributed by atoms with Crippen LogP contribution in [-0.2, 0) is 20.7 Å². The Bertz CT molecular complexity index is 872. The van der Waals surface area contributed by atoms with Gasteiger partial charge in [-0.2, -0.15) is 0 Å². The number of carbonyl (C=O) groups excluding carboxylic acids is 2. The summed E-state index contributed by atoms with van der Waals surface area (Å²) in [6, 6.07) is 26.5. The number of hydrogen-bond acceptors (Lipinski definition) is 3. The molecule has 0 bridgehead atoms. The van der Waals surface area contributed by atoms with Gasteiger partial charge >= 0.3 is 5.97 Å². The first-order chi connectivity index (χ1) is 13.6. The number of rotatable bonds is 7. The fraction of sp³-hybridized carbons (Fsp3) is 0.130. The molecule has 0 atom stereocenters. The fourth-order valence-corrected chi connectivity index (χ4v) is 3.08. The highest BCUT2D eigenvalue weighted by Gasteiger charge is 2.17. The van der Waals surface area contributed by atoms with Gasteiger partial charge in [0, 0.05) is 4.47 Å². The summed E-state index contributed by atoms with van der Waals surface area (Å²) in [6.45, 7) is -0.314. The number of nitrogens with one attached hydrogen (secondary N) is 1. The number of esters is 1. The first kappa shape index (κ1) is 19.8. The first-order valence-corrected chi connectivity index (χ1v) is 9.70. The Kier molecular flexibility index (Phi) is 6.98. The second-order valence-corrected chi connectivity index (χ2v) is 7.20. The summed E-state index contributed by atoms with van der Waals surface area (Å²) in [5.41, 5.74) is 2.76. The number of halogens is 1. The second kappa shape index (κ2) is 9.85. The molecule has 0 saturated carbocycles. The molecule has 0 aliphatic heterocycles. The van der Waals surface area contributed by atoms with Crippen molar-refractivity contribution in [2.75, 3.05) is 6.61 Å². The van der Waals surface area contributed by atoms with Gasteiger partial charge in [0.2, 0.25) is 0 Å². The van der Waals surface area contributed by atoms with Crippen LogP contribution in [0.3, 0.4) is 0 Å². The number of benzene rings is 3. The summed E-state index contributed by atoms with van der Waals surface area (Å²) in [5.74, 6) is -0.782. The predicted octanol–water partition coefficient (Wildman–Crippen LogP) is 4.44. The van der Waals surface area contributed by atoms with Gasteiger partial charge in [0.05, 0.1) is 12.5 Å². The summed E-state index contributed by atoms with van der Waals surface area (Å²) in [6.07, 6.45) is 0.126. The minimum absolute atomic E-state index is 0.126. The minimum Gasteiger partial charge on any atom is -0.455 e. The summed E-state index contributed by atoms with van der Waals surface area (Å²) in [4.78, 5) is 24.4. The lowest BCUT2D eigenvalue weighted by atomic mass is 9.99. The zero-order valence-electron chi connectivity index (χ0n) is 15.2. The van der Waals surface area contributed by atoms with E-state index in [1.54, 1.807) is 0 Å². The zero-order chi connectivity index (χ0) is 19.8. The number of hydrogen-bond donors (Lipinski definition) is 1. The van der Waals surface area contributed by atoms with Crippen LogP contribution in [-0.4, -0.2) is 18.5 Å². The molecule has 1 amide bonds. The van der Waals surface area contributed by atoms with E-state index in [1.807, 2.05) is 84.9 Å². The average molecular weight is 438 g/mol. The third kappa shape index (κ3) is 5.79. The molecule has 4 nitrogen and oxygen atoms in total. The third-order valence-corrected chi connectivity index (χ3v) is 4.73. The topological polar surface area (TPSA) is 55.4 Å². The van der Waals surface area contributed by atoms with Crippen molar-refractivity contribution in [3.63, 3.8) is 0 Å². The van der Waals surface area contributed by atoms with Crippen molar-refractivity contribution in [2.24, 2.45) is 0 Å². The molecule has 0 aromatic heterocycles. The van der Waals surface area contributed by atoms with Gasteiger partial charge in [-0.3, -0.25) is 9.59 Å². The Morgan fingerprint density at radius 3 is 1.89 bits per heavy atom. The van der Waals surface area contributed by atoms with Crippen LogP contribution in [0.5, 0.6) is 0 Å². The maximum atomic E-state index is 12.4. The molecule has 0 spiro atoms. The summed E-state index contributed by atoms with van der Waals surface area (Å²) in [7, 11) is 0. The molecule has 3 aromatic rings. The van der Waals surface area contributed by atoms with Gasteiger partial charge in [0.25, 0.3) is 5.91 Å². The summed E-state index contributed by atoms with van der Waals surface area (Å²) in [5, 5.41) is 2.95. The van der Waals surface area contributed by atoms with Gasteiger partial charge in [-0.15, -0.1) is 0 Å². The zero-order valence-corrected chi connectivity index (χ0v) is 16.8. The average Bonchev–Trinajstić information content (AvgIpc) is 2.73. The molecular formula is C23H20BrNO3. The van der Waals surface area contributed by atoms with Crippen LogP contribution in [0.25, 0.3) is 0 Å². The van der Waals surface area contributed by atoms with E-state index in [1.165, 1.54) is 0 Å². The standard InChI is InChI=1S/C23H20BrNO3/c24-20-13-11-17(12-14-20)15-22(27)28-16-21(26)25-23(18-7-3-1-4-8-18)19-9-5-2-6-10-19/h1-14,23H,15-16H2,(H,25,26). The lowest BCUT2D eigenvalue weighted by molar-refractivity contribution is -0.148. The maximum absolute atomic E-state index is 12.4. The molecule has 0 aliphatic carbocycles. The van der Waals surface area contributed by atoms with E-state index in [4.69, 9.17) is 4.74 Å². The van der Waals surface area contributed by atoms with E-state index in [-0.39, 0.29) is 25.0 Å². The molecule has 3 aromatic carbocycles. The van der Waals surface area contributed by atoms with Crippen molar-refractivity contribution in [2.45, 2.75) is 12.5 Å². The van der Waals surface area contributed by atoms with Crippen molar-refractivity contribution in [3.05, 3.63) is 106 Å². The van der Waals surface area contributed by atoms with Crippen molar-refractivity contribution < 1.29 is 14.3 Å². The maximum Gasteiger partial charge on any atom is 0.310 e. The van der Waals surface area contributed by atoms with Crippen molar-refractivity contribution in [1.29, 1.82) is 0 Å². The Labute approximate surface area is 172 Å². The third-order valence-electron chi connectivity index (χ3n) is 4.20. The SMILES string of the molecule is O=C(COC(=O)Cc1ccc(Br)cc1)NC(c1ccccc1)c1ccccc1. The highest BCUT2D eigenvalue weighted by molar-refractivity contribution is 9.10. The number of carbonyl (C=O) groups is 2. The quantitative estimate of drug-likeness (QED) is 0.555. The first-order valence-electron chi connectivity index (χ1n) is 8.91. The lowest BCUT2D eigenvalue weighted by Crippen LogP contribution is -2.33. The molecule has 5 heteroatoms. The van der Waals surface area contributed by atoms with Gasteiger partial charge in [-0.05, 0) is 28.8 Å². The minimum atomic E-state index is -0.437. The Hall–Kier alpha value is -2.92. The summed E-state index contributed by atoms with van der Waals surface area (Å²) < 4.78 is 6.09. The van der Waals surface area contributed by atoms with E-state index < -0.39 is 5.97 Å². The summed E-state index contributed by atoms with van der Waals surface area (Å²) >= 11 is 3.35. The van der Waals surface area contributed by atoms with E-state index in [0.717, 1.165) is 21.2 Å². The normalized spacial score (nSPS) is 10.5. The number of amides is 1. The number of ether oxygens (including phenoxy) is 1. The Morgan fingerprint density at radius 1 is 0.821 bits per heavy atom. The Balaban J connectivity index is 1.59. The van der Waals surface area contributed by atoms with Gasteiger partial charge in [0.15, 0.2) is 6.61 Å². The smallest absolute Gasteiger partial charge is 0.310 e. The van der Waals surface area contributed by atoms with Gasteiger partial charge in [0.1, 0.15) is 0 Å². The van der Waals surface area contributed by atoms with Gasteiger partial charge in [-0.25, -0.2) is 0 Å². The largest absolute Gasteiger partial charge is 0.455 e. The van der Waals surface area contributed by atoms with E-state index in [2.05, 4.69) is 21.2 Å². The molecule has 28 heavy (non-hydrogen) atoms. The van der Waals surface area contributed by atoms with Crippen LogP contribution in [0.15, 0.2) is 89.4 Å². The molecule has 1 N–H and O–H groups in total. The van der Waals surface area contributed by atoms with E-state index in [0.29, 0.717) is 0 Å². The van der Waals surface area contributed by atoms with Crippen LogP contribution < -0.4 is 5.32 Å². The molecule has 0 fully saturated rings. The van der Waals surface area contributed by atoms with Crippen LogP contribution in [0, 0.1) is 0 Å². The predicted molar refractivity (Wildman–Crippen MR) is 112 cm³/mol. The molecule has 3 rings (SSSR count). The van der Waals surface area contributed by atoms with Crippen LogP contribution >= 0.6 is 15.9 Å². The molecule has 0 saturated heterocycles. The molecular weight excluding hydrogens is 418 g/mol. The molecule has 0 heterocycles. The monoisotopic (exact) mass is 437 g/mol. The van der Waals surface area contributed by atoms with Gasteiger partial charge in [-0.1, -0.05) is 88.7 Å². The van der Waals surface area contributed by atoms with E-state index >= 15 is 0 Å². The van der Waals surface area contributed by atoms with Gasteiger partial charge < -0.3 is 10.1 Å². The highest BCUT2D eigenvalue weighted by Crippen LogP contribution is 2.21. The molecule has 0 unspecified atom stereocenters. The van der Waals surface area contributed by atoms with Crippen molar-refractivity contribution in [3.8, 4) is 0 Å². The highest BCUT2D eigenvalue weighted by atomic mass is 79.9. The van der Waals surface area contributed by atoms with Crippen LogP contribution in [0.1, 0.15) is 22.7 Å². The van der Waals surface area contributed by atoms with E-state index in [9.17, 15) is 9.59 Å². The van der Waals surface area contributed by atoms with Crippen LogP contribution in [0.2, 0.25) is 0 Å². The van der Waals surface area contributed by atoms with Crippen molar-refractivity contribution in [1.82, 2.24) is 5.32 Å². The molecule has 0 aliphatic rings. The van der Waals surface area contributed by atoms with Crippen molar-refractivity contribution >= 4 is 27.8 Å². The Morgan fingerprint density at radius 2 is 1.36 bits per heavy atom. The molecule has 142 valence electrons.